The Kier molecular flexibility index (Phi) is 5.77. The van der Waals surface area contributed by atoms with Crippen molar-refractivity contribution in [1.82, 2.24) is 5.32 Å². The number of hydrogen-bond acceptors (Lipinski definition) is 3. The fourth-order valence-corrected chi connectivity index (χ4v) is 2.07. The number of hydrogen-bond donors (Lipinski definition) is 1. The monoisotopic (exact) mass is 313 g/mol. The van der Waals surface area contributed by atoms with Gasteiger partial charge in [0.25, 0.3) is 0 Å². The molecule has 2 rings (SSSR count). The standard InChI is InChI=1S/C15H17Cl2NO2/c1-2-5-18-8-11-6-13(19-9-11)10-20-15-7-12(16)3-4-14(15)17/h3-4,6-7,9,18H,2,5,8,10H2,1H3. The molecule has 0 fully saturated rings. The van der Waals surface area contributed by atoms with E-state index in [0.29, 0.717) is 22.4 Å². The van der Waals surface area contributed by atoms with Gasteiger partial charge in [-0.2, -0.15) is 0 Å². The first kappa shape index (κ1) is 15.2. The van der Waals surface area contributed by atoms with Gasteiger partial charge in [0.1, 0.15) is 18.1 Å². The molecule has 1 N–H and O–H groups in total. The van der Waals surface area contributed by atoms with Gasteiger partial charge < -0.3 is 14.5 Å². The van der Waals surface area contributed by atoms with Gasteiger partial charge >= 0.3 is 0 Å². The van der Waals surface area contributed by atoms with Gasteiger partial charge in [-0.3, -0.25) is 0 Å². The summed E-state index contributed by atoms with van der Waals surface area (Å²) in [6, 6.07) is 7.10. The molecular weight excluding hydrogens is 297 g/mol. The lowest BCUT2D eigenvalue weighted by molar-refractivity contribution is 0.270. The Labute approximate surface area is 128 Å². The SMILES string of the molecule is CCCNCc1coc(COc2cc(Cl)ccc2Cl)c1. The Morgan fingerprint density at radius 1 is 1.25 bits per heavy atom. The van der Waals surface area contributed by atoms with Crippen LogP contribution in [0.2, 0.25) is 10.0 Å². The maximum Gasteiger partial charge on any atom is 0.146 e. The Balaban J connectivity index is 1.89. The molecule has 0 aliphatic rings. The smallest absolute Gasteiger partial charge is 0.146 e. The number of ether oxygens (including phenoxy) is 1. The lowest BCUT2D eigenvalue weighted by Gasteiger charge is -2.06. The van der Waals surface area contributed by atoms with Crippen molar-refractivity contribution in [3.05, 3.63) is 51.9 Å². The Morgan fingerprint density at radius 3 is 2.90 bits per heavy atom. The van der Waals surface area contributed by atoms with Crippen LogP contribution in [0.1, 0.15) is 24.7 Å². The normalized spacial score (nSPS) is 10.8. The zero-order valence-corrected chi connectivity index (χ0v) is 12.8. The maximum atomic E-state index is 6.03. The van der Waals surface area contributed by atoms with Gasteiger partial charge in [0.2, 0.25) is 0 Å². The van der Waals surface area contributed by atoms with Crippen LogP contribution in [-0.2, 0) is 13.2 Å². The van der Waals surface area contributed by atoms with Gasteiger partial charge in [-0.05, 0) is 31.2 Å². The van der Waals surface area contributed by atoms with Crippen molar-refractivity contribution in [2.24, 2.45) is 0 Å². The summed E-state index contributed by atoms with van der Waals surface area (Å²) >= 11 is 11.9. The summed E-state index contributed by atoms with van der Waals surface area (Å²) in [5.41, 5.74) is 1.11. The van der Waals surface area contributed by atoms with Crippen LogP contribution in [0.4, 0.5) is 0 Å². The molecule has 1 aromatic carbocycles. The third-order valence-corrected chi connectivity index (χ3v) is 3.27. The first-order valence-corrected chi connectivity index (χ1v) is 7.29. The minimum Gasteiger partial charge on any atom is -0.484 e. The van der Waals surface area contributed by atoms with Crippen LogP contribution in [0.5, 0.6) is 5.75 Å². The molecule has 0 aliphatic carbocycles. The second-order valence-electron chi connectivity index (χ2n) is 4.46. The molecule has 20 heavy (non-hydrogen) atoms. The molecule has 0 radical (unpaired) electrons. The molecule has 0 aliphatic heterocycles. The molecule has 0 bridgehead atoms. The third kappa shape index (κ3) is 4.44. The van der Waals surface area contributed by atoms with Crippen molar-refractivity contribution < 1.29 is 9.15 Å². The van der Waals surface area contributed by atoms with Gasteiger partial charge in [0.15, 0.2) is 0 Å². The van der Waals surface area contributed by atoms with Crippen LogP contribution in [-0.4, -0.2) is 6.54 Å². The van der Waals surface area contributed by atoms with E-state index in [0.717, 1.165) is 30.8 Å². The third-order valence-electron chi connectivity index (χ3n) is 2.73. The summed E-state index contributed by atoms with van der Waals surface area (Å²) in [6.07, 6.45) is 2.85. The predicted molar refractivity (Wildman–Crippen MR) is 81.5 cm³/mol. The highest BCUT2D eigenvalue weighted by Gasteiger charge is 2.06. The number of nitrogens with one attached hydrogen (secondary N) is 1. The second kappa shape index (κ2) is 7.58. The fraction of sp³-hybridized carbons (Fsp3) is 0.333. The summed E-state index contributed by atoms with van der Waals surface area (Å²) in [5.74, 6) is 1.32. The Hall–Kier alpha value is -1.16. The summed E-state index contributed by atoms with van der Waals surface area (Å²) in [7, 11) is 0. The highest BCUT2D eigenvalue weighted by atomic mass is 35.5. The minimum absolute atomic E-state index is 0.327. The average molecular weight is 314 g/mol. The zero-order valence-electron chi connectivity index (χ0n) is 11.3. The summed E-state index contributed by atoms with van der Waals surface area (Å²) in [4.78, 5) is 0. The first-order valence-electron chi connectivity index (χ1n) is 6.54. The van der Waals surface area contributed by atoms with E-state index in [1.807, 2.05) is 6.07 Å². The molecule has 0 spiro atoms. The quantitative estimate of drug-likeness (QED) is 0.755. The van der Waals surface area contributed by atoms with Crippen LogP contribution in [0, 0.1) is 0 Å². The predicted octanol–water partition coefficient (Wildman–Crippen LogP) is 4.67. The minimum atomic E-state index is 0.327. The van der Waals surface area contributed by atoms with Crippen LogP contribution in [0.3, 0.4) is 0 Å². The molecule has 0 unspecified atom stereocenters. The molecule has 0 atom stereocenters. The lowest BCUT2D eigenvalue weighted by atomic mass is 10.3. The van der Waals surface area contributed by atoms with Crippen LogP contribution < -0.4 is 10.1 Å². The summed E-state index contributed by atoms with van der Waals surface area (Å²) in [5, 5.41) is 4.44. The van der Waals surface area contributed by atoms with Gasteiger partial charge in [-0.15, -0.1) is 0 Å². The second-order valence-corrected chi connectivity index (χ2v) is 5.31. The van der Waals surface area contributed by atoms with E-state index in [4.69, 9.17) is 32.4 Å². The van der Waals surface area contributed by atoms with Crippen molar-refractivity contribution in [2.75, 3.05) is 6.54 Å². The van der Waals surface area contributed by atoms with Gasteiger partial charge in [0, 0.05) is 23.2 Å². The highest BCUT2D eigenvalue weighted by Crippen LogP contribution is 2.28. The number of benzene rings is 1. The highest BCUT2D eigenvalue weighted by molar-refractivity contribution is 6.34. The van der Waals surface area contributed by atoms with E-state index in [2.05, 4.69) is 12.2 Å². The number of furan rings is 1. The molecule has 0 amide bonds. The summed E-state index contributed by atoms with van der Waals surface area (Å²) in [6.45, 7) is 4.26. The number of rotatable bonds is 7. The van der Waals surface area contributed by atoms with Crippen LogP contribution >= 0.6 is 23.2 Å². The average Bonchev–Trinajstić information content (AvgIpc) is 2.88. The largest absolute Gasteiger partial charge is 0.484 e. The lowest BCUT2D eigenvalue weighted by Crippen LogP contribution is -2.13. The molecule has 1 aromatic heterocycles. The van der Waals surface area contributed by atoms with Crippen LogP contribution in [0.15, 0.2) is 34.9 Å². The van der Waals surface area contributed by atoms with E-state index in [9.17, 15) is 0 Å². The topological polar surface area (TPSA) is 34.4 Å². The summed E-state index contributed by atoms with van der Waals surface area (Å²) < 4.78 is 11.1. The Bertz CT molecular complexity index is 555. The van der Waals surface area contributed by atoms with E-state index >= 15 is 0 Å². The van der Waals surface area contributed by atoms with E-state index < -0.39 is 0 Å². The van der Waals surface area contributed by atoms with Gasteiger partial charge in [-0.25, -0.2) is 0 Å². The molecular formula is C15H17Cl2NO2. The van der Waals surface area contributed by atoms with Crippen molar-refractivity contribution in [3.8, 4) is 5.75 Å². The van der Waals surface area contributed by atoms with Gasteiger partial charge in [-0.1, -0.05) is 30.1 Å². The van der Waals surface area contributed by atoms with E-state index in [1.165, 1.54) is 0 Å². The maximum absolute atomic E-state index is 6.03. The molecule has 0 saturated carbocycles. The molecule has 2 aromatic rings. The van der Waals surface area contributed by atoms with Crippen molar-refractivity contribution >= 4 is 23.2 Å². The molecule has 108 valence electrons. The van der Waals surface area contributed by atoms with E-state index in [-0.39, 0.29) is 0 Å². The van der Waals surface area contributed by atoms with Crippen molar-refractivity contribution in [3.63, 3.8) is 0 Å². The molecule has 3 nitrogen and oxygen atoms in total. The molecule has 1 heterocycles. The van der Waals surface area contributed by atoms with Crippen molar-refractivity contribution in [1.29, 1.82) is 0 Å². The van der Waals surface area contributed by atoms with Crippen molar-refractivity contribution in [2.45, 2.75) is 26.5 Å². The van der Waals surface area contributed by atoms with Crippen LogP contribution in [0.25, 0.3) is 0 Å². The zero-order chi connectivity index (χ0) is 14.4. The number of halogens is 2. The van der Waals surface area contributed by atoms with Gasteiger partial charge in [0.05, 0.1) is 11.3 Å². The molecule has 0 saturated heterocycles. The fourth-order valence-electron chi connectivity index (χ4n) is 1.74. The first-order chi connectivity index (χ1) is 9.69. The van der Waals surface area contributed by atoms with E-state index in [1.54, 1.807) is 24.5 Å². The molecule has 5 heteroatoms. The Morgan fingerprint density at radius 2 is 2.10 bits per heavy atom.